The topological polar surface area (TPSA) is 92.7 Å². The van der Waals surface area contributed by atoms with Crippen molar-refractivity contribution in [2.45, 2.75) is 95.8 Å². The summed E-state index contributed by atoms with van der Waals surface area (Å²) >= 11 is 0. The van der Waals surface area contributed by atoms with Gasteiger partial charge in [-0.25, -0.2) is 0 Å². The maximum Gasteiger partial charge on any atom is 0.310 e. The molecule has 0 heterocycles. The van der Waals surface area contributed by atoms with Gasteiger partial charge in [-0.05, 0) is 32.2 Å². The highest BCUT2D eigenvalue weighted by atomic mass is 32.2. The van der Waals surface area contributed by atoms with Gasteiger partial charge in [-0.3, -0.25) is 9.35 Å². The van der Waals surface area contributed by atoms with Crippen LogP contribution in [0, 0.1) is 5.92 Å². The highest BCUT2D eigenvalue weighted by Gasteiger charge is 2.40. The Balaban J connectivity index is 2.32. The van der Waals surface area contributed by atoms with Crippen LogP contribution >= 0.6 is 0 Å². The van der Waals surface area contributed by atoms with E-state index in [2.05, 4.69) is 12.2 Å². The third-order valence-electron chi connectivity index (χ3n) is 5.23. The second-order valence-electron chi connectivity index (χ2n) is 7.36. The first-order valence-corrected chi connectivity index (χ1v) is 11.8. The van der Waals surface area contributed by atoms with Crippen LogP contribution in [0.3, 0.4) is 0 Å². The minimum atomic E-state index is -4.11. The first-order valence-electron chi connectivity index (χ1n) is 10.3. The third kappa shape index (κ3) is 8.82. The summed E-state index contributed by atoms with van der Waals surface area (Å²) in [5.74, 6) is -0.850. The largest absolute Gasteiger partial charge is 0.465 e. The molecule has 0 radical (unpaired) electrons. The number of ether oxygens (including phenoxy) is 1. The van der Waals surface area contributed by atoms with Crippen molar-refractivity contribution in [2.75, 3.05) is 13.2 Å². The van der Waals surface area contributed by atoms with E-state index in [-0.39, 0.29) is 18.4 Å². The summed E-state index contributed by atoms with van der Waals surface area (Å²) in [5, 5.41) is 2.38. The maximum absolute atomic E-state index is 12.4. The fourth-order valence-electron chi connectivity index (χ4n) is 3.69. The lowest BCUT2D eigenvalue weighted by molar-refractivity contribution is -0.150. The average Bonchev–Trinajstić information content (AvgIpc) is 2.59. The van der Waals surface area contributed by atoms with Crippen LogP contribution in [0.25, 0.3) is 0 Å². The molecule has 3 unspecified atom stereocenters. The van der Waals surface area contributed by atoms with Gasteiger partial charge in [0.05, 0.1) is 17.8 Å². The SMILES string of the molecule is CCCCCCCCCCOC(=O)C1CC(S(=O)(=O)O)CCC1NCC. The van der Waals surface area contributed by atoms with Crippen molar-refractivity contribution in [1.29, 1.82) is 0 Å². The van der Waals surface area contributed by atoms with E-state index in [0.29, 0.717) is 26.0 Å². The van der Waals surface area contributed by atoms with Crippen LogP contribution in [-0.4, -0.2) is 43.4 Å². The van der Waals surface area contributed by atoms with Crippen LogP contribution in [0.15, 0.2) is 0 Å². The Morgan fingerprint density at radius 2 is 1.65 bits per heavy atom. The smallest absolute Gasteiger partial charge is 0.310 e. The van der Waals surface area contributed by atoms with Gasteiger partial charge in [-0.15, -0.1) is 0 Å². The fraction of sp³-hybridized carbons (Fsp3) is 0.947. The average molecular weight is 392 g/mol. The molecule has 1 aliphatic carbocycles. The van der Waals surface area contributed by atoms with Gasteiger partial charge >= 0.3 is 5.97 Å². The molecule has 1 rings (SSSR count). The van der Waals surface area contributed by atoms with Gasteiger partial charge in [0.25, 0.3) is 10.1 Å². The van der Waals surface area contributed by atoms with Gasteiger partial charge in [0.1, 0.15) is 0 Å². The molecule has 2 N–H and O–H groups in total. The Hall–Kier alpha value is -0.660. The highest BCUT2D eigenvalue weighted by molar-refractivity contribution is 7.86. The van der Waals surface area contributed by atoms with Crippen LogP contribution in [0.1, 0.15) is 84.5 Å². The van der Waals surface area contributed by atoms with Crippen LogP contribution in [0.4, 0.5) is 0 Å². The minimum Gasteiger partial charge on any atom is -0.465 e. The molecule has 0 spiro atoms. The van der Waals surface area contributed by atoms with Gasteiger partial charge in [-0.2, -0.15) is 8.42 Å². The van der Waals surface area contributed by atoms with E-state index < -0.39 is 21.3 Å². The molecule has 0 aromatic rings. The van der Waals surface area contributed by atoms with Crippen LogP contribution in [-0.2, 0) is 19.6 Å². The standard InChI is InChI=1S/C19H37NO5S/c1-3-5-6-7-8-9-10-11-14-25-19(21)17-15-16(26(22,23)24)12-13-18(17)20-4-2/h16-18,20H,3-15H2,1-2H3,(H,22,23,24). The molecule has 1 saturated carbocycles. The third-order valence-corrected chi connectivity index (χ3v) is 6.51. The zero-order valence-electron chi connectivity index (χ0n) is 16.4. The number of carbonyl (C=O) groups excluding carboxylic acids is 1. The Morgan fingerprint density at radius 1 is 1.04 bits per heavy atom. The monoisotopic (exact) mass is 391 g/mol. The number of esters is 1. The zero-order chi connectivity index (χ0) is 19.4. The zero-order valence-corrected chi connectivity index (χ0v) is 17.2. The summed E-state index contributed by atoms with van der Waals surface area (Å²) < 4.78 is 37.6. The van der Waals surface area contributed by atoms with E-state index in [1.165, 1.54) is 32.1 Å². The quantitative estimate of drug-likeness (QED) is 0.282. The molecule has 3 atom stereocenters. The first-order chi connectivity index (χ1) is 12.4. The van der Waals surface area contributed by atoms with Crippen LogP contribution in [0.5, 0.6) is 0 Å². The second-order valence-corrected chi connectivity index (χ2v) is 9.06. The molecule has 1 fully saturated rings. The number of unbranched alkanes of at least 4 members (excludes halogenated alkanes) is 7. The Morgan fingerprint density at radius 3 is 2.23 bits per heavy atom. The van der Waals surface area contributed by atoms with Gasteiger partial charge < -0.3 is 10.1 Å². The Labute approximate surface area is 159 Å². The van der Waals surface area contributed by atoms with Crippen molar-refractivity contribution in [1.82, 2.24) is 5.32 Å². The fourth-order valence-corrected chi connectivity index (χ4v) is 4.57. The molecular weight excluding hydrogens is 354 g/mol. The predicted octanol–water partition coefficient (Wildman–Crippen LogP) is 3.70. The van der Waals surface area contributed by atoms with Crippen molar-refractivity contribution in [3.05, 3.63) is 0 Å². The Kier molecular flexibility index (Phi) is 11.4. The molecule has 6 nitrogen and oxygen atoms in total. The van der Waals surface area contributed by atoms with Crippen molar-refractivity contribution in [3.8, 4) is 0 Å². The van der Waals surface area contributed by atoms with E-state index in [4.69, 9.17) is 4.74 Å². The van der Waals surface area contributed by atoms with Crippen molar-refractivity contribution >= 4 is 16.1 Å². The molecule has 26 heavy (non-hydrogen) atoms. The predicted molar refractivity (Wildman–Crippen MR) is 104 cm³/mol. The molecule has 0 aromatic heterocycles. The number of nitrogens with one attached hydrogen (secondary N) is 1. The normalized spacial score (nSPS) is 23.7. The molecule has 0 aromatic carbocycles. The van der Waals surface area contributed by atoms with E-state index in [1.54, 1.807) is 0 Å². The molecular formula is C19H37NO5S. The van der Waals surface area contributed by atoms with E-state index in [0.717, 1.165) is 19.3 Å². The van der Waals surface area contributed by atoms with Crippen molar-refractivity contribution < 1.29 is 22.5 Å². The molecule has 0 saturated heterocycles. The summed E-state index contributed by atoms with van der Waals surface area (Å²) in [4.78, 5) is 12.4. The van der Waals surface area contributed by atoms with E-state index in [1.807, 2.05) is 6.92 Å². The molecule has 7 heteroatoms. The van der Waals surface area contributed by atoms with E-state index >= 15 is 0 Å². The number of rotatable bonds is 13. The van der Waals surface area contributed by atoms with E-state index in [9.17, 15) is 17.8 Å². The Bertz CT molecular complexity index is 494. The van der Waals surface area contributed by atoms with Gasteiger partial charge in [-0.1, -0.05) is 58.8 Å². The van der Waals surface area contributed by atoms with Gasteiger partial charge in [0.2, 0.25) is 0 Å². The number of carbonyl (C=O) groups is 1. The first kappa shape index (κ1) is 23.4. The van der Waals surface area contributed by atoms with Crippen LogP contribution in [0.2, 0.25) is 0 Å². The highest BCUT2D eigenvalue weighted by Crippen LogP contribution is 2.30. The molecule has 154 valence electrons. The summed E-state index contributed by atoms with van der Waals surface area (Å²) in [6.45, 7) is 5.26. The van der Waals surface area contributed by atoms with Crippen LogP contribution < -0.4 is 5.32 Å². The summed E-state index contributed by atoms with van der Waals surface area (Å²) in [7, 11) is -4.11. The summed E-state index contributed by atoms with van der Waals surface area (Å²) in [6.07, 6.45) is 10.5. The lowest BCUT2D eigenvalue weighted by Gasteiger charge is -2.33. The van der Waals surface area contributed by atoms with Gasteiger partial charge in [0, 0.05) is 6.04 Å². The number of hydrogen-bond acceptors (Lipinski definition) is 5. The van der Waals surface area contributed by atoms with Gasteiger partial charge in [0.15, 0.2) is 0 Å². The second kappa shape index (κ2) is 12.7. The lowest BCUT2D eigenvalue weighted by Crippen LogP contribution is -2.47. The van der Waals surface area contributed by atoms with Crippen molar-refractivity contribution in [2.24, 2.45) is 5.92 Å². The lowest BCUT2D eigenvalue weighted by atomic mass is 9.84. The number of hydrogen-bond donors (Lipinski definition) is 2. The molecule has 0 aliphatic heterocycles. The molecule has 1 aliphatic rings. The maximum atomic E-state index is 12.4. The minimum absolute atomic E-state index is 0.0796. The molecule has 0 amide bonds. The van der Waals surface area contributed by atoms with Crippen molar-refractivity contribution in [3.63, 3.8) is 0 Å². The summed E-state index contributed by atoms with van der Waals surface area (Å²) in [5.41, 5.74) is 0. The summed E-state index contributed by atoms with van der Waals surface area (Å²) in [6, 6.07) is -0.0796. The molecule has 0 bridgehead atoms.